The van der Waals surface area contributed by atoms with Crippen LogP contribution in [0.15, 0.2) is 47.5 Å². The van der Waals surface area contributed by atoms with Gasteiger partial charge in [0, 0.05) is 10.7 Å². The number of nitrogens with one attached hydrogen (secondary N) is 1. The molecule has 0 spiro atoms. The Hall–Kier alpha value is -1.22. The van der Waals surface area contributed by atoms with Crippen molar-refractivity contribution in [2.24, 2.45) is 4.99 Å². The Labute approximate surface area is 127 Å². The smallest absolute Gasteiger partial charge is 0.103 e. The Morgan fingerprint density at radius 3 is 2.26 bits per heavy atom. The van der Waals surface area contributed by atoms with E-state index in [1.54, 1.807) is 24.3 Å². The van der Waals surface area contributed by atoms with Gasteiger partial charge in [0.05, 0.1) is 15.7 Å². The molecule has 0 unspecified atom stereocenters. The number of aliphatic imine (C=N–C) groups is 1. The van der Waals surface area contributed by atoms with Gasteiger partial charge in [0.25, 0.3) is 0 Å². The normalized spacial score (nSPS) is 11.5. The molecule has 19 heavy (non-hydrogen) atoms. The van der Waals surface area contributed by atoms with Gasteiger partial charge in [0.15, 0.2) is 0 Å². The highest BCUT2D eigenvalue weighted by Crippen LogP contribution is 2.25. The molecule has 0 atom stereocenters. The summed E-state index contributed by atoms with van der Waals surface area (Å²) in [7, 11) is 0. The molecule has 0 radical (unpaired) electrons. The van der Waals surface area contributed by atoms with E-state index < -0.39 is 0 Å². The van der Waals surface area contributed by atoms with Gasteiger partial charge < -0.3 is 5.32 Å². The lowest BCUT2D eigenvalue weighted by Gasteiger charge is -2.07. The molecule has 0 amide bonds. The largest absolute Gasteiger partial charge is 0.344 e. The molecular weight excluding hydrogens is 303 g/mol. The van der Waals surface area contributed by atoms with Crippen LogP contribution in [-0.4, -0.2) is 5.84 Å². The lowest BCUT2D eigenvalue weighted by Crippen LogP contribution is -2.06. The number of benzene rings is 2. The molecule has 0 aliphatic rings. The lowest BCUT2D eigenvalue weighted by atomic mass is 10.3. The zero-order chi connectivity index (χ0) is 13.8. The summed E-state index contributed by atoms with van der Waals surface area (Å²) in [4.78, 5) is 4.42. The highest BCUT2D eigenvalue weighted by molar-refractivity contribution is 6.42. The first-order chi connectivity index (χ1) is 9.04. The number of hydrogen-bond donors (Lipinski definition) is 1. The molecule has 2 nitrogen and oxygen atoms in total. The first kappa shape index (κ1) is 14.2. The summed E-state index contributed by atoms with van der Waals surface area (Å²) in [5.74, 6) is 0.751. The Morgan fingerprint density at radius 1 is 0.947 bits per heavy atom. The van der Waals surface area contributed by atoms with Crippen LogP contribution in [-0.2, 0) is 0 Å². The topological polar surface area (TPSA) is 24.4 Å². The molecule has 0 aromatic heterocycles. The van der Waals surface area contributed by atoms with Crippen LogP contribution in [0.4, 0.5) is 11.4 Å². The van der Waals surface area contributed by atoms with E-state index in [0.717, 1.165) is 17.2 Å². The monoisotopic (exact) mass is 312 g/mol. The van der Waals surface area contributed by atoms with Crippen molar-refractivity contribution in [2.45, 2.75) is 6.92 Å². The minimum Gasteiger partial charge on any atom is -0.344 e. The molecule has 2 rings (SSSR count). The zero-order valence-corrected chi connectivity index (χ0v) is 12.4. The van der Waals surface area contributed by atoms with Crippen molar-refractivity contribution in [1.82, 2.24) is 0 Å². The van der Waals surface area contributed by atoms with E-state index >= 15 is 0 Å². The molecule has 98 valence electrons. The van der Waals surface area contributed by atoms with Gasteiger partial charge in [-0.15, -0.1) is 0 Å². The molecule has 0 aliphatic heterocycles. The predicted octanol–water partition coefficient (Wildman–Crippen LogP) is 5.81. The molecule has 0 fully saturated rings. The highest BCUT2D eigenvalue weighted by Gasteiger charge is 2.00. The molecule has 5 heteroatoms. The molecule has 0 aliphatic carbocycles. The standard InChI is InChI=1S/C14H11Cl3N2/c1-9(18-11-4-2-10(15)3-5-11)19-12-6-7-13(16)14(17)8-12/h2-8H,1H3,(H,18,19). The van der Waals surface area contributed by atoms with Crippen molar-refractivity contribution >= 4 is 52.0 Å². The Balaban J connectivity index is 2.13. The second-order valence-corrected chi connectivity index (χ2v) is 5.18. The summed E-state index contributed by atoms with van der Waals surface area (Å²) >= 11 is 17.6. The van der Waals surface area contributed by atoms with Gasteiger partial charge in [-0.1, -0.05) is 34.8 Å². The van der Waals surface area contributed by atoms with E-state index in [1.165, 1.54) is 0 Å². The number of nitrogens with zero attached hydrogens (tertiary/aromatic N) is 1. The second kappa shape index (κ2) is 6.29. The number of halogens is 3. The summed E-state index contributed by atoms with van der Waals surface area (Å²) in [5.41, 5.74) is 1.67. The van der Waals surface area contributed by atoms with E-state index in [2.05, 4.69) is 10.3 Å². The average molecular weight is 314 g/mol. The van der Waals surface area contributed by atoms with E-state index in [-0.39, 0.29) is 0 Å². The third kappa shape index (κ3) is 4.13. The van der Waals surface area contributed by atoms with Crippen molar-refractivity contribution in [2.75, 3.05) is 5.32 Å². The maximum atomic E-state index is 5.95. The third-order valence-electron chi connectivity index (χ3n) is 2.37. The van der Waals surface area contributed by atoms with E-state index in [4.69, 9.17) is 34.8 Å². The lowest BCUT2D eigenvalue weighted by molar-refractivity contribution is 1.46. The van der Waals surface area contributed by atoms with E-state index in [0.29, 0.717) is 15.1 Å². The Bertz CT molecular complexity index is 607. The van der Waals surface area contributed by atoms with Gasteiger partial charge in [0.1, 0.15) is 5.84 Å². The van der Waals surface area contributed by atoms with Gasteiger partial charge >= 0.3 is 0 Å². The summed E-state index contributed by atoms with van der Waals surface area (Å²) in [6.45, 7) is 1.87. The van der Waals surface area contributed by atoms with Crippen LogP contribution in [0.5, 0.6) is 0 Å². The van der Waals surface area contributed by atoms with Gasteiger partial charge in [0.2, 0.25) is 0 Å². The SMILES string of the molecule is CC(=Nc1ccc(Cl)cc1)Nc1ccc(Cl)c(Cl)c1. The van der Waals surface area contributed by atoms with Crippen molar-refractivity contribution in [3.63, 3.8) is 0 Å². The van der Waals surface area contributed by atoms with Gasteiger partial charge in [-0.2, -0.15) is 0 Å². The fourth-order valence-electron chi connectivity index (χ4n) is 1.52. The molecule has 0 bridgehead atoms. The fourth-order valence-corrected chi connectivity index (χ4v) is 1.94. The van der Waals surface area contributed by atoms with Gasteiger partial charge in [-0.05, 0) is 49.4 Å². The molecule has 1 N–H and O–H groups in total. The van der Waals surface area contributed by atoms with Crippen molar-refractivity contribution in [1.29, 1.82) is 0 Å². The Kier molecular flexibility index (Phi) is 4.70. The number of rotatable bonds is 2. The van der Waals surface area contributed by atoms with Crippen LogP contribution in [0.3, 0.4) is 0 Å². The molecule has 2 aromatic carbocycles. The maximum Gasteiger partial charge on any atom is 0.103 e. The highest BCUT2D eigenvalue weighted by atomic mass is 35.5. The molecule has 0 heterocycles. The number of anilines is 1. The first-order valence-corrected chi connectivity index (χ1v) is 6.71. The summed E-state index contributed by atoms with van der Waals surface area (Å²) in [5, 5.41) is 4.87. The minimum atomic E-state index is 0.506. The molecular formula is C14H11Cl3N2. The van der Waals surface area contributed by atoms with Crippen LogP contribution in [0.1, 0.15) is 6.92 Å². The quantitative estimate of drug-likeness (QED) is 0.549. The minimum absolute atomic E-state index is 0.506. The molecule has 2 aromatic rings. The first-order valence-electron chi connectivity index (χ1n) is 5.57. The van der Waals surface area contributed by atoms with Crippen LogP contribution < -0.4 is 5.32 Å². The number of amidine groups is 1. The summed E-state index contributed by atoms with van der Waals surface area (Å²) in [6.07, 6.45) is 0. The average Bonchev–Trinajstić information content (AvgIpc) is 2.37. The number of hydrogen-bond acceptors (Lipinski definition) is 1. The van der Waals surface area contributed by atoms with Crippen LogP contribution in [0, 0.1) is 0 Å². The third-order valence-corrected chi connectivity index (χ3v) is 3.36. The van der Waals surface area contributed by atoms with Gasteiger partial charge in [-0.3, -0.25) is 0 Å². The molecule has 0 saturated heterocycles. The van der Waals surface area contributed by atoms with Crippen LogP contribution >= 0.6 is 34.8 Å². The van der Waals surface area contributed by atoms with Crippen LogP contribution in [0.25, 0.3) is 0 Å². The van der Waals surface area contributed by atoms with Crippen molar-refractivity contribution in [3.8, 4) is 0 Å². The van der Waals surface area contributed by atoms with Crippen molar-refractivity contribution < 1.29 is 0 Å². The predicted molar refractivity (Wildman–Crippen MR) is 84.3 cm³/mol. The zero-order valence-electron chi connectivity index (χ0n) is 10.1. The van der Waals surface area contributed by atoms with E-state index in [1.807, 2.05) is 25.1 Å². The summed E-state index contributed by atoms with van der Waals surface area (Å²) < 4.78 is 0. The van der Waals surface area contributed by atoms with Gasteiger partial charge in [-0.25, -0.2) is 4.99 Å². The summed E-state index contributed by atoms with van der Waals surface area (Å²) in [6, 6.07) is 12.6. The molecule has 0 saturated carbocycles. The van der Waals surface area contributed by atoms with Crippen LogP contribution in [0.2, 0.25) is 15.1 Å². The Morgan fingerprint density at radius 2 is 1.63 bits per heavy atom. The second-order valence-electron chi connectivity index (χ2n) is 3.93. The van der Waals surface area contributed by atoms with Crippen molar-refractivity contribution in [3.05, 3.63) is 57.5 Å². The fraction of sp³-hybridized carbons (Fsp3) is 0.0714. The van der Waals surface area contributed by atoms with E-state index in [9.17, 15) is 0 Å². The maximum absolute atomic E-state index is 5.95.